The Morgan fingerprint density at radius 3 is 2.61 bits per heavy atom. The SMILES string of the molecule is CCN(CC(=O)N(C)C)C(=O)c1cccc(-n2cc(Br)cn2)c1. The van der Waals surface area contributed by atoms with Crippen LogP contribution in [0.25, 0.3) is 5.69 Å². The molecule has 2 rings (SSSR count). The molecule has 2 amide bonds. The lowest BCUT2D eigenvalue weighted by Crippen LogP contribution is -2.40. The fourth-order valence-corrected chi connectivity index (χ4v) is 2.32. The molecule has 0 saturated heterocycles. The molecule has 0 spiro atoms. The summed E-state index contributed by atoms with van der Waals surface area (Å²) in [6.45, 7) is 2.39. The lowest BCUT2D eigenvalue weighted by molar-refractivity contribution is -0.129. The van der Waals surface area contributed by atoms with E-state index in [1.165, 1.54) is 9.80 Å². The molecule has 0 aliphatic rings. The van der Waals surface area contributed by atoms with Crippen molar-refractivity contribution in [2.45, 2.75) is 6.92 Å². The zero-order valence-electron chi connectivity index (χ0n) is 13.4. The highest BCUT2D eigenvalue weighted by Gasteiger charge is 2.18. The van der Waals surface area contributed by atoms with Gasteiger partial charge in [-0.05, 0) is 41.1 Å². The number of carbonyl (C=O) groups is 2. The molecule has 122 valence electrons. The normalized spacial score (nSPS) is 10.4. The number of nitrogens with zero attached hydrogens (tertiary/aromatic N) is 4. The number of carbonyl (C=O) groups excluding carboxylic acids is 2. The second-order valence-corrected chi connectivity index (χ2v) is 6.18. The highest BCUT2D eigenvalue weighted by molar-refractivity contribution is 9.10. The van der Waals surface area contributed by atoms with Crippen molar-refractivity contribution in [3.05, 3.63) is 46.7 Å². The standard InChI is InChI=1S/C16H19BrN4O2/c1-4-20(11-15(22)19(2)3)16(23)12-6-5-7-14(8-12)21-10-13(17)9-18-21/h5-10H,4,11H2,1-3H3. The van der Waals surface area contributed by atoms with Crippen LogP contribution in [-0.4, -0.2) is 58.6 Å². The molecule has 1 aromatic carbocycles. The summed E-state index contributed by atoms with van der Waals surface area (Å²) in [6.07, 6.45) is 3.50. The third-order valence-electron chi connectivity index (χ3n) is 3.40. The molecule has 0 atom stereocenters. The second-order valence-electron chi connectivity index (χ2n) is 5.26. The Balaban J connectivity index is 2.23. The topological polar surface area (TPSA) is 58.4 Å². The lowest BCUT2D eigenvalue weighted by Gasteiger charge is -2.22. The molecule has 1 aromatic heterocycles. The van der Waals surface area contributed by atoms with Crippen molar-refractivity contribution in [2.75, 3.05) is 27.2 Å². The van der Waals surface area contributed by atoms with Crippen molar-refractivity contribution in [1.29, 1.82) is 0 Å². The van der Waals surface area contributed by atoms with Crippen LogP contribution < -0.4 is 0 Å². The zero-order valence-corrected chi connectivity index (χ0v) is 14.9. The number of benzene rings is 1. The quantitative estimate of drug-likeness (QED) is 0.800. The van der Waals surface area contributed by atoms with E-state index in [4.69, 9.17) is 0 Å². The average molecular weight is 379 g/mol. The monoisotopic (exact) mass is 378 g/mol. The van der Waals surface area contributed by atoms with Gasteiger partial charge in [0.15, 0.2) is 0 Å². The summed E-state index contributed by atoms with van der Waals surface area (Å²) in [5.41, 5.74) is 1.32. The Morgan fingerprint density at radius 1 is 1.30 bits per heavy atom. The van der Waals surface area contributed by atoms with Gasteiger partial charge in [0.1, 0.15) is 0 Å². The Bertz CT molecular complexity index is 712. The maximum atomic E-state index is 12.6. The Kier molecular flexibility index (Phi) is 5.54. The Labute approximate surface area is 143 Å². The average Bonchev–Trinajstić information content (AvgIpc) is 2.98. The summed E-state index contributed by atoms with van der Waals surface area (Å²) >= 11 is 3.35. The lowest BCUT2D eigenvalue weighted by atomic mass is 10.1. The Morgan fingerprint density at radius 2 is 2.04 bits per heavy atom. The van der Waals surface area contributed by atoms with E-state index in [1.54, 1.807) is 43.2 Å². The van der Waals surface area contributed by atoms with Crippen molar-refractivity contribution >= 4 is 27.7 Å². The van der Waals surface area contributed by atoms with Gasteiger partial charge in [-0.3, -0.25) is 9.59 Å². The largest absolute Gasteiger partial charge is 0.347 e. The van der Waals surface area contributed by atoms with Crippen molar-refractivity contribution in [3.8, 4) is 5.69 Å². The van der Waals surface area contributed by atoms with Crippen LogP contribution in [0.2, 0.25) is 0 Å². The van der Waals surface area contributed by atoms with Gasteiger partial charge < -0.3 is 9.80 Å². The van der Waals surface area contributed by atoms with Gasteiger partial charge in [0.05, 0.1) is 22.9 Å². The van der Waals surface area contributed by atoms with Gasteiger partial charge >= 0.3 is 0 Å². The van der Waals surface area contributed by atoms with E-state index >= 15 is 0 Å². The number of hydrogen-bond acceptors (Lipinski definition) is 3. The van der Waals surface area contributed by atoms with Crippen LogP contribution in [0.3, 0.4) is 0 Å². The first-order valence-electron chi connectivity index (χ1n) is 7.22. The van der Waals surface area contributed by atoms with Crippen LogP contribution in [0, 0.1) is 0 Å². The fraction of sp³-hybridized carbons (Fsp3) is 0.312. The fourth-order valence-electron chi connectivity index (χ4n) is 2.04. The molecular weight excluding hydrogens is 360 g/mol. The van der Waals surface area contributed by atoms with E-state index in [-0.39, 0.29) is 18.4 Å². The van der Waals surface area contributed by atoms with Gasteiger partial charge in [0, 0.05) is 32.4 Å². The van der Waals surface area contributed by atoms with E-state index in [2.05, 4.69) is 21.0 Å². The number of rotatable bonds is 5. The Hall–Kier alpha value is -2.15. The predicted molar refractivity (Wildman–Crippen MR) is 91.5 cm³/mol. The number of likely N-dealkylation sites (N-methyl/N-ethyl adjacent to an activating group) is 2. The first kappa shape index (κ1) is 17.2. The van der Waals surface area contributed by atoms with E-state index < -0.39 is 0 Å². The van der Waals surface area contributed by atoms with Gasteiger partial charge in [0.2, 0.25) is 5.91 Å². The number of amides is 2. The van der Waals surface area contributed by atoms with E-state index in [0.717, 1.165) is 10.2 Å². The molecule has 0 radical (unpaired) electrons. The van der Waals surface area contributed by atoms with E-state index in [0.29, 0.717) is 12.1 Å². The molecule has 7 heteroatoms. The molecule has 0 fully saturated rings. The van der Waals surface area contributed by atoms with Crippen LogP contribution in [0.4, 0.5) is 0 Å². The molecule has 2 aromatic rings. The third kappa shape index (κ3) is 4.19. The molecule has 6 nitrogen and oxygen atoms in total. The van der Waals surface area contributed by atoms with Gasteiger partial charge in [-0.25, -0.2) is 4.68 Å². The van der Waals surface area contributed by atoms with Gasteiger partial charge in [-0.15, -0.1) is 0 Å². The highest BCUT2D eigenvalue weighted by Crippen LogP contribution is 2.15. The van der Waals surface area contributed by atoms with Crippen molar-refractivity contribution in [3.63, 3.8) is 0 Å². The summed E-state index contributed by atoms with van der Waals surface area (Å²) in [7, 11) is 3.35. The minimum absolute atomic E-state index is 0.0693. The third-order valence-corrected chi connectivity index (χ3v) is 3.81. The van der Waals surface area contributed by atoms with E-state index in [9.17, 15) is 9.59 Å². The molecule has 0 aliphatic carbocycles. The summed E-state index contributed by atoms with van der Waals surface area (Å²) in [5, 5.41) is 4.21. The van der Waals surface area contributed by atoms with Crippen molar-refractivity contribution in [1.82, 2.24) is 19.6 Å². The van der Waals surface area contributed by atoms with Crippen molar-refractivity contribution in [2.24, 2.45) is 0 Å². The molecule has 0 saturated carbocycles. The summed E-state index contributed by atoms with van der Waals surface area (Å²) in [4.78, 5) is 27.5. The van der Waals surface area contributed by atoms with Crippen LogP contribution in [0.1, 0.15) is 17.3 Å². The second kappa shape index (κ2) is 7.41. The molecule has 0 aliphatic heterocycles. The summed E-state index contributed by atoms with van der Waals surface area (Å²) < 4.78 is 2.54. The van der Waals surface area contributed by atoms with Crippen molar-refractivity contribution < 1.29 is 9.59 Å². The first-order valence-corrected chi connectivity index (χ1v) is 8.01. The van der Waals surface area contributed by atoms with Crippen LogP contribution >= 0.6 is 15.9 Å². The smallest absolute Gasteiger partial charge is 0.254 e. The minimum atomic E-state index is -0.171. The predicted octanol–water partition coefficient (Wildman–Crippen LogP) is 2.19. The number of halogens is 1. The molecule has 0 N–H and O–H groups in total. The van der Waals surface area contributed by atoms with Gasteiger partial charge in [-0.2, -0.15) is 5.10 Å². The maximum Gasteiger partial charge on any atom is 0.254 e. The summed E-state index contributed by atoms with van der Waals surface area (Å²) in [6, 6.07) is 7.19. The van der Waals surface area contributed by atoms with Crippen LogP contribution in [0.15, 0.2) is 41.1 Å². The minimum Gasteiger partial charge on any atom is -0.347 e. The zero-order chi connectivity index (χ0) is 17.0. The maximum absolute atomic E-state index is 12.6. The highest BCUT2D eigenvalue weighted by atomic mass is 79.9. The molecule has 0 bridgehead atoms. The molecular formula is C16H19BrN4O2. The molecule has 23 heavy (non-hydrogen) atoms. The summed E-state index contributed by atoms with van der Waals surface area (Å²) in [5.74, 6) is -0.275. The van der Waals surface area contributed by atoms with Crippen LogP contribution in [-0.2, 0) is 4.79 Å². The number of aromatic nitrogens is 2. The van der Waals surface area contributed by atoms with E-state index in [1.807, 2.05) is 19.2 Å². The van der Waals surface area contributed by atoms with Gasteiger partial charge in [-0.1, -0.05) is 6.07 Å². The first-order chi connectivity index (χ1) is 10.9. The van der Waals surface area contributed by atoms with Gasteiger partial charge in [0.25, 0.3) is 5.91 Å². The van der Waals surface area contributed by atoms with Crippen LogP contribution in [0.5, 0.6) is 0 Å². The number of hydrogen-bond donors (Lipinski definition) is 0. The molecule has 0 unspecified atom stereocenters. The molecule has 1 heterocycles.